The van der Waals surface area contributed by atoms with Gasteiger partial charge < -0.3 is 10.6 Å². The van der Waals surface area contributed by atoms with Crippen LogP contribution in [-0.4, -0.2) is 22.4 Å². The number of nitrogens with one attached hydrogen (secondary N) is 2. The highest BCUT2D eigenvalue weighted by Gasteiger charge is 2.08. The van der Waals surface area contributed by atoms with Gasteiger partial charge in [-0.3, -0.25) is 4.79 Å². The van der Waals surface area contributed by atoms with E-state index in [1.54, 1.807) is 18.2 Å². The fourth-order valence-corrected chi connectivity index (χ4v) is 2.42. The van der Waals surface area contributed by atoms with E-state index in [4.69, 9.17) is 11.6 Å². The summed E-state index contributed by atoms with van der Waals surface area (Å²) in [5.74, 6) is -0.156. The number of rotatable bonds is 6. The Morgan fingerprint density at radius 3 is 2.50 bits per heavy atom. The number of halogens is 2. The minimum absolute atomic E-state index is 0.251. The molecule has 0 saturated heterocycles. The van der Waals surface area contributed by atoms with Gasteiger partial charge in [-0.15, -0.1) is 0 Å². The van der Waals surface area contributed by atoms with Crippen molar-refractivity contribution in [3.63, 3.8) is 0 Å². The van der Waals surface area contributed by atoms with Crippen molar-refractivity contribution < 1.29 is 9.18 Å². The highest BCUT2D eigenvalue weighted by atomic mass is 35.5. The van der Waals surface area contributed by atoms with Crippen molar-refractivity contribution in [2.24, 2.45) is 0 Å². The van der Waals surface area contributed by atoms with Gasteiger partial charge in [-0.1, -0.05) is 23.7 Å². The molecule has 0 aliphatic rings. The van der Waals surface area contributed by atoms with E-state index in [9.17, 15) is 9.18 Å². The standard InChI is InChI=1S/C19H16ClFN4O/c20-14-3-1-13(2-4-14)9-10-22-19(26)17-11-18(24-12-23-17)25-16-7-5-15(21)6-8-16/h1-8,11-12H,9-10H2,(H,22,26)(H,23,24,25). The first-order valence-electron chi connectivity index (χ1n) is 7.97. The maximum absolute atomic E-state index is 12.9. The molecule has 0 fully saturated rings. The fraction of sp³-hybridized carbons (Fsp3) is 0.105. The molecular formula is C19H16ClFN4O. The smallest absolute Gasteiger partial charge is 0.270 e. The summed E-state index contributed by atoms with van der Waals surface area (Å²) >= 11 is 5.85. The van der Waals surface area contributed by atoms with Gasteiger partial charge in [0.05, 0.1) is 0 Å². The Morgan fingerprint density at radius 1 is 1.04 bits per heavy atom. The van der Waals surface area contributed by atoms with Crippen LogP contribution in [0.15, 0.2) is 60.9 Å². The van der Waals surface area contributed by atoms with E-state index in [-0.39, 0.29) is 17.4 Å². The Kier molecular flexibility index (Phi) is 5.76. The lowest BCUT2D eigenvalue weighted by Crippen LogP contribution is -2.26. The number of benzene rings is 2. The topological polar surface area (TPSA) is 66.9 Å². The van der Waals surface area contributed by atoms with Crippen molar-refractivity contribution in [1.82, 2.24) is 15.3 Å². The van der Waals surface area contributed by atoms with E-state index < -0.39 is 0 Å². The monoisotopic (exact) mass is 370 g/mol. The summed E-state index contributed by atoms with van der Waals surface area (Å²) in [5.41, 5.74) is 2.00. The summed E-state index contributed by atoms with van der Waals surface area (Å²) in [4.78, 5) is 20.3. The van der Waals surface area contributed by atoms with E-state index in [0.717, 1.165) is 5.56 Å². The second-order valence-corrected chi connectivity index (χ2v) is 5.99. The first-order valence-corrected chi connectivity index (χ1v) is 8.35. The molecule has 132 valence electrons. The maximum Gasteiger partial charge on any atom is 0.270 e. The number of hydrogen-bond acceptors (Lipinski definition) is 4. The third-order valence-electron chi connectivity index (χ3n) is 3.63. The minimum atomic E-state index is -0.320. The van der Waals surface area contributed by atoms with Crippen LogP contribution in [0.5, 0.6) is 0 Å². The van der Waals surface area contributed by atoms with E-state index in [0.29, 0.717) is 29.5 Å². The van der Waals surface area contributed by atoms with Gasteiger partial charge in [-0.2, -0.15) is 0 Å². The van der Waals surface area contributed by atoms with Crippen LogP contribution in [0.1, 0.15) is 16.1 Å². The molecule has 1 aromatic heterocycles. The summed E-state index contributed by atoms with van der Waals surface area (Å²) in [6.07, 6.45) is 1.99. The lowest BCUT2D eigenvalue weighted by Gasteiger charge is -2.08. The lowest BCUT2D eigenvalue weighted by molar-refractivity contribution is 0.0949. The number of aromatic nitrogens is 2. The molecule has 3 aromatic rings. The number of nitrogens with zero attached hydrogens (tertiary/aromatic N) is 2. The molecule has 3 rings (SSSR count). The molecule has 26 heavy (non-hydrogen) atoms. The molecule has 0 atom stereocenters. The SMILES string of the molecule is O=C(NCCc1ccc(Cl)cc1)c1cc(Nc2ccc(F)cc2)ncn1. The molecule has 7 heteroatoms. The zero-order chi connectivity index (χ0) is 18.4. The van der Waals surface area contributed by atoms with Crippen molar-refractivity contribution in [3.05, 3.63) is 83.0 Å². The van der Waals surface area contributed by atoms with Gasteiger partial charge in [0.25, 0.3) is 5.91 Å². The molecular weight excluding hydrogens is 355 g/mol. The van der Waals surface area contributed by atoms with Gasteiger partial charge in [0.15, 0.2) is 0 Å². The van der Waals surface area contributed by atoms with E-state index in [1.165, 1.54) is 18.5 Å². The van der Waals surface area contributed by atoms with Gasteiger partial charge in [0.2, 0.25) is 0 Å². The highest BCUT2D eigenvalue weighted by molar-refractivity contribution is 6.30. The molecule has 0 aliphatic heterocycles. The summed E-state index contributed by atoms with van der Waals surface area (Å²) < 4.78 is 12.9. The zero-order valence-corrected chi connectivity index (χ0v) is 14.5. The summed E-state index contributed by atoms with van der Waals surface area (Å²) in [5, 5.41) is 6.50. The van der Waals surface area contributed by atoms with Crippen LogP contribution in [0, 0.1) is 5.82 Å². The first-order chi connectivity index (χ1) is 12.6. The Labute approximate surface area is 155 Å². The van der Waals surface area contributed by atoms with Crippen LogP contribution in [0.3, 0.4) is 0 Å². The Hall–Kier alpha value is -2.99. The third-order valence-corrected chi connectivity index (χ3v) is 3.88. The Bertz CT molecular complexity index is 885. The van der Waals surface area contributed by atoms with E-state index in [1.807, 2.05) is 24.3 Å². The van der Waals surface area contributed by atoms with Crippen LogP contribution in [-0.2, 0) is 6.42 Å². The average Bonchev–Trinajstić information content (AvgIpc) is 2.65. The van der Waals surface area contributed by atoms with Crippen LogP contribution in [0.2, 0.25) is 5.02 Å². The second-order valence-electron chi connectivity index (χ2n) is 5.55. The lowest BCUT2D eigenvalue weighted by atomic mass is 10.1. The molecule has 1 amide bonds. The predicted molar refractivity (Wildman–Crippen MR) is 99.2 cm³/mol. The minimum Gasteiger partial charge on any atom is -0.350 e. The number of amides is 1. The second kappa shape index (κ2) is 8.40. The molecule has 0 aliphatic carbocycles. The maximum atomic E-state index is 12.9. The fourth-order valence-electron chi connectivity index (χ4n) is 2.29. The molecule has 0 saturated carbocycles. The van der Waals surface area contributed by atoms with Gasteiger partial charge in [0.1, 0.15) is 23.7 Å². The Morgan fingerprint density at radius 2 is 1.77 bits per heavy atom. The third kappa shape index (κ3) is 5.00. The van der Waals surface area contributed by atoms with E-state index in [2.05, 4.69) is 20.6 Å². The molecule has 0 unspecified atom stereocenters. The van der Waals surface area contributed by atoms with Crippen LogP contribution < -0.4 is 10.6 Å². The van der Waals surface area contributed by atoms with Crippen molar-refractivity contribution in [2.75, 3.05) is 11.9 Å². The van der Waals surface area contributed by atoms with Crippen LogP contribution in [0.4, 0.5) is 15.9 Å². The van der Waals surface area contributed by atoms with Crippen molar-refractivity contribution in [3.8, 4) is 0 Å². The largest absolute Gasteiger partial charge is 0.350 e. The van der Waals surface area contributed by atoms with Crippen molar-refractivity contribution in [1.29, 1.82) is 0 Å². The molecule has 2 aromatic carbocycles. The van der Waals surface area contributed by atoms with Crippen molar-refractivity contribution >= 4 is 29.0 Å². The first kappa shape index (κ1) is 17.8. The normalized spacial score (nSPS) is 10.4. The molecule has 0 spiro atoms. The van der Waals surface area contributed by atoms with Crippen molar-refractivity contribution in [2.45, 2.75) is 6.42 Å². The van der Waals surface area contributed by atoms with Gasteiger partial charge in [-0.25, -0.2) is 14.4 Å². The number of carbonyl (C=O) groups excluding carboxylic acids is 1. The number of anilines is 2. The number of hydrogen-bond donors (Lipinski definition) is 2. The number of carbonyl (C=O) groups is 1. The Balaban J connectivity index is 1.57. The van der Waals surface area contributed by atoms with Gasteiger partial charge >= 0.3 is 0 Å². The molecule has 0 radical (unpaired) electrons. The average molecular weight is 371 g/mol. The highest BCUT2D eigenvalue weighted by Crippen LogP contribution is 2.15. The zero-order valence-electron chi connectivity index (χ0n) is 13.7. The van der Waals surface area contributed by atoms with Gasteiger partial charge in [-0.05, 0) is 48.4 Å². The molecule has 0 bridgehead atoms. The van der Waals surface area contributed by atoms with Gasteiger partial charge in [0, 0.05) is 23.3 Å². The van der Waals surface area contributed by atoms with E-state index >= 15 is 0 Å². The summed E-state index contributed by atoms with van der Waals surface area (Å²) in [6.45, 7) is 0.477. The molecule has 5 nitrogen and oxygen atoms in total. The van der Waals surface area contributed by atoms with Crippen LogP contribution >= 0.6 is 11.6 Å². The van der Waals surface area contributed by atoms with Crippen LogP contribution in [0.25, 0.3) is 0 Å². The summed E-state index contributed by atoms with van der Waals surface area (Å²) in [6, 6.07) is 14.9. The quantitative estimate of drug-likeness (QED) is 0.688. The predicted octanol–water partition coefficient (Wildman–Crippen LogP) is 3.99. The summed E-state index contributed by atoms with van der Waals surface area (Å²) in [7, 11) is 0. The molecule has 2 N–H and O–H groups in total. The molecule has 1 heterocycles.